The number of hydrogen-bond donors (Lipinski definition) is 3. The van der Waals surface area contributed by atoms with E-state index >= 15 is 0 Å². The third-order valence-electron chi connectivity index (χ3n) is 2.63. The number of rotatable bonds is 6. The lowest BCUT2D eigenvalue weighted by Crippen LogP contribution is -2.35. The van der Waals surface area contributed by atoms with Crippen molar-refractivity contribution in [3.05, 3.63) is 17.0 Å². The number of hydrogen-bond acceptors (Lipinski definition) is 4. The van der Waals surface area contributed by atoms with Gasteiger partial charge in [0.05, 0.1) is 5.00 Å². The third kappa shape index (κ3) is 5.95. The van der Waals surface area contributed by atoms with Crippen molar-refractivity contribution in [2.75, 3.05) is 11.9 Å². The molecule has 0 aliphatic rings. The van der Waals surface area contributed by atoms with Gasteiger partial charge in [-0.15, -0.1) is 11.3 Å². The molecule has 0 bridgehead atoms. The molecule has 0 fully saturated rings. The maximum absolute atomic E-state index is 11.7. The summed E-state index contributed by atoms with van der Waals surface area (Å²) in [5.41, 5.74) is -0.438. The summed E-state index contributed by atoms with van der Waals surface area (Å²) in [6.07, 6.45) is 0.801. The first-order valence-electron chi connectivity index (χ1n) is 6.61. The van der Waals surface area contributed by atoms with Crippen LogP contribution in [0, 0.1) is 5.41 Å². The van der Waals surface area contributed by atoms with Crippen molar-refractivity contribution in [1.29, 1.82) is 0 Å². The molecule has 0 saturated heterocycles. The monoisotopic (exact) mass is 312 g/mol. The lowest BCUT2D eigenvalue weighted by Gasteiger charge is -2.17. The van der Waals surface area contributed by atoms with Crippen LogP contribution < -0.4 is 10.6 Å². The van der Waals surface area contributed by atoms with Crippen molar-refractivity contribution in [3.63, 3.8) is 0 Å². The Morgan fingerprint density at radius 2 is 1.90 bits per heavy atom. The van der Waals surface area contributed by atoms with Gasteiger partial charge in [-0.3, -0.25) is 9.59 Å². The normalized spacial score (nSPS) is 11.0. The fourth-order valence-electron chi connectivity index (χ4n) is 1.44. The standard InChI is InChI=1S/C14H20N2O4S/c1-14(2,3)13(20)15-8-4-5-10(17)16-11-7-6-9(21-11)12(18)19/h6-7H,4-5,8H2,1-3H3,(H,15,20)(H,16,17)(H,18,19). The van der Waals surface area contributed by atoms with Crippen LogP contribution in [0.15, 0.2) is 12.1 Å². The SMILES string of the molecule is CC(C)(C)C(=O)NCCCC(=O)Nc1ccc(C(=O)O)s1. The lowest BCUT2D eigenvalue weighted by atomic mass is 9.96. The second kappa shape index (κ2) is 7.21. The van der Waals surface area contributed by atoms with E-state index in [0.717, 1.165) is 11.3 Å². The summed E-state index contributed by atoms with van der Waals surface area (Å²) < 4.78 is 0. The number of carboxylic acids is 1. The topological polar surface area (TPSA) is 95.5 Å². The molecule has 0 aromatic carbocycles. The van der Waals surface area contributed by atoms with Crippen LogP contribution in [-0.2, 0) is 9.59 Å². The molecule has 0 aliphatic carbocycles. The molecule has 6 nitrogen and oxygen atoms in total. The zero-order valence-electron chi connectivity index (χ0n) is 12.4. The largest absolute Gasteiger partial charge is 0.477 e. The average molecular weight is 312 g/mol. The number of nitrogens with one attached hydrogen (secondary N) is 2. The molecule has 0 saturated carbocycles. The Balaban J connectivity index is 2.28. The van der Waals surface area contributed by atoms with Gasteiger partial charge < -0.3 is 15.7 Å². The number of aromatic carboxylic acids is 1. The van der Waals surface area contributed by atoms with Gasteiger partial charge in [0.2, 0.25) is 11.8 Å². The average Bonchev–Trinajstić information content (AvgIpc) is 2.81. The summed E-state index contributed by atoms with van der Waals surface area (Å²) >= 11 is 1.02. The highest BCUT2D eigenvalue weighted by Gasteiger charge is 2.20. The Bertz CT molecular complexity index is 531. The van der Waals surface area contributed by atoms with Crippen molar-refractivity contribution in [2.45, 2.75) is 33.6 Å². The fourth-order valence-corrected chi connectivity index (χ4v) is 2.20. The molecule has 1 aromatic heterocycles. The van der Waals surface area contributed by atoms with Crippen molar-refractivity contribution >= 4 is 34.1 Å². The highest BCUT2D eigenvalue weighted by molar-refractivity contribution is 7.18. The molecule has 0 aliphatic heterocycles. The van der Waals surface area contributed by atoms with Crippen LogP contribution in [0.5, 0.6) is 0 Å². The van der Waals surface area contributed by atoms with Gasteiger partial charge >= 0.3 is 5.97 Å². The molecule has 1 aromatic rings. The summed E-state index contributed by atoms with van der Waals surface area (Å²) in [6, 6.07) is 3.01. The summed E-state index contributed by atoms with van der Waals surface area (Å²) in [5, 5.41) is 14.7. The number of thiophene rings is 1. The van der Waals surface area contributed by atoms with Gasteiger partial charge in [-0.05, 0) is 18.6 Å². The van der Waals surface area contributed by atoms with Crippen LogP contribution in [0.25, 0.3) is 0 Å². The van der Waals surface area contributed by atoms with Gasteiger partial charge in [0.25, 0.3) is 0 Å². The van der Waals surface area contributed by atoms with Crippen LogP contribution in [0.2, 0.25) is 0 Å². The molecule has 7 heteroatoms. The molecule has 1 rings (SSSR count). The van der Waals surface area contributed by atoms with Crippen LogP contribution >= 0.6 is 11.3 Å². The highest BCUT2D eigenvalue weighted by Crippen LogP contribution is 2.21. The minimum absolute atomic E-state index is 0.0488. The van der Waals surface area contributed by atoms with Crippen molar-refractivity contribution in [2.24, 2.45) is 5.41 Å². The number of anilines is 1. The molecule has 2 amide bonds. The van der Waals surface area contributed by atoms with Crippen molar-refractivity contribution in [3.8, 4) is 0 Å². The molecular formula is C14H20N2O4S. The lowest BCUT2D eigenvalue weighted by molar-refractivity contribution is -0.128. The first kappa shape index (κ1) is 17.2. The molecule has 1 heterocycles. The molecule has 0 radical (unpaired) electrons. The number of carbonyl (C=O) groups excluding carboxylic acids is 2. The van der Waals surface area contributed by atoms with Gasteiger partial charge in [-0.2, -0.15) is 0 Å². The van der Waals surface area contributed by atoms with Crippen LogP contribution in [0.4, 0.5) is 5.00 Å². The number of carboxylic acid groups (broad SMARTS) is 1. The van der Waals surface area contributed by atoms with Crippen LogP contribution in [0.1, 0.15) is 43.3 Å². The predicted molar refractivity (Wildman–Crippen MR) is 81.6 cm³/mol. The van der Waals surface area contributed by atoms with E-state index in [1.165, 1.54) is 6.07 Å². The van der Waals surface area contributed by atoms with E-state index in [1.54, 1.807) is 6.07 Å². The minimum Gasteiger partial charge on any atom is -0.477 e. The molecule has 21 heavy (non-hydrogen) atoms. The van der Waals surface area contributed by atoms with Gasteiger partial charge in [0.15, 0.2) is 0 Å². The molecule has 116 valence electrons. The van der Waals surface area contributed by atoms with E-state index in [4.69, 9.17) is 5.11 Å². The smallest absolute Gasteiger partial charge is 0.345 e. The Hall–Kier alpha value is -1.89. The second-order valence-electron chi connectivity index (χ2n) is 5.63. The molecule has 3 N–H and O–H groups in total. The summed E-state index contributed by atoms with van der Waals surface area (Å²) in [6.45, 7) is 5.91. The fraction of sp³-hybridized carbons (Fsp3) is 0.500. The first-order chi connectivity index (χ1) is 9.70. The predicted octanol–water partition coefficient (Wildman–Crippen LogP) is 2.33. The van der Waals surface area contributed by atoms with Gasteiger partial charge in [0.1, 0.15) is 4.88 Å². The summed E-state index contributed by atoms with van der Waals surface area (Å²) in [5.74, 6) is -1.25. The highest BCUT2D eigenvalue weighted by atomic mass is 32.1. The Kier molecular flexibility index (Phi) is 5.90. The van der Waals surface area contributed by atoms with Crippen LogP contribution in [0.3, 0.4) is 0 Å². The molecule has 0 unspecified atom stereocenters. The quantitative estimate of drug-likeness (QED) is 0.702. The number of carbonyl (C=O) groups is 3. The van der Waals surface area contributed by atoms with Gasteiger partial charge in [-0.25, -0.2) is 4.79 Å². The Morgan fingerprint density at radius 1 is 1.24 bits per heavy atom. The van der Waals surface area contributed by atoms with E-state index in [2.05, 4.69) is 10.6 Å². The van der Waals surface area contributed by atoms with Gasteiger partial charge in [-0.1, -0.05) is 20.8 Å². The van der Waals surface area contributed by atoms with E-state index in [0.29, 0.717) is 18.0 Å². The second-order valence-corrected chi connectivity index (χ2v) is 6.71. The maximum atomic E-state index is 11.7. The van der Waals surface area contributed by atoms with E-state index in [-0.39, 0.29) is 23.1 Å². The van der Waals surface area contributed by atoms with E-state index in [9.17, 15) is 14.4 Å². The maximum Gasteiger partial charge on any atom is 0.345 e. The van der Waals surface area contributed by atoms with Gasteiger partial charge in [0, 0.05) is 18.4 Å². The van der Waals surface area contributed by atoms with Crippen molar-refractivity contribution < 1.29 is 19.5 Å². The third-order valence-corrected chi connectivity index (χ3v) is 3.62. The van der Waals surface area contributed by atoms with E-state index in [1.807, 2.05) is 20.8 Å². The summed E-state index contributed by atoms with van der Waals surface area (Å²) in [7, 11) is 0. The minimum atomic E-state index is -1.01. The molecule has 0 spiro atoms. The van der Waals surface area contributed by atoms with Crippen LogP contribution in [-0.4, -0.2) is 29.4 Å². The zero-order chi connectivity index (χ0) is 16.0. The van der Waals surface area contributed by atoms with E-state index < -0.39 is 11.4 Å². The first-order valence-corrected chi connectivity index (χ1v) is 7.43. The molecule has 0 atom stereocenters. The zero-order valence-corrected chi connectivity index (χ0v) is 13.2. The molecular weight excluding hydrogens is 292 g/mol. The Labute approximate surface area is 127 Å². The summed E-state index contributed by atoms with van der Waals surface area (Å²) in [4.78, 5) is 34.2. The number of amides is 2. The Morgan fingerprint density at radius 3 is 2.43 bits per heavy atom. The van der Waals surface area contributed by atoms with Crippen molar-refractivity contribution in [1.82, 2.24) is 5.32 Å².